The van der Waals surface area contributed by atoms with E-state index in [0.29, 0.717) is 0 Å². The Morgan fingerprint density at radius 1 is 1.25 bits per heavy atom. The molecule has 0 spiro atoms. The summed E-state index contributed by atoms with van der Waals surface area (Å²) in [5, 5.41) is 1.24. The first-order valence-corrected chi connectivity index (χ1v) is 7.15. The van der Waals surface area contributed by atoms with Crippen LogP contribution in [-0.2, 0) is 6.42 Å². The molecule has 2 nitrogen and oxygen atoms in total. The second-order valence-electron chi connectivity index (χ2n) is 3.82. The van der Waals surface area contributed by atoms with Crippen molar-refractivity contribution in [3.05, 3.63) is 27.7 Å². The number of nitrogens with two attached hydrogens (primary N) is 1. The molecule has 1 aromatic heterocycles. The molecule has 0 atom stereocenters. The van der Waals surface area contributed by atoms with E-state index in [2.05, 4.69) is 39.1 Å². The molecule has 1 aromatic carbocycles. The van der Waals surface area contributed by atoms with Gasteiger partial charge in [0.15, 0.2) is 0 Å². The van der Waals surface area contributed by atoms with E-state index in [1.807, 2.05) is 0 Å². The van der Waals surface area contributed by atoms with Gasteiger partial charge in [-0.05, 0) is 44.0 Å². The Balaban J connectivity index is 2.02. The highest BCUT2D eigenvalue weighted by Gasteiger charge is 2.03. The monoisotopic (exact) mass is 298 g/mol. The van der Waals surface area contributed by atoms with Gasteiger partial charge in [0.05, 0.1) is 15.2 Å². The Morgan fingerprint density at radius 2 is 2.12 bits per heavy atom. The van der Waals surface area contributed by atoms with Crippen LogP contribution < -0.4 is 5.73 Å². The van der Waals surface area contributed by atoms with E-state index in [-0.39, 0.29) is 0 Å². The van der Waals surface area contributed by atoms with Crippen molar-refractivity contribution in [2.24, 2.45) is 5.73 Å². The maximum Gasteiger partial charge on any atom is 0.0938 e. The van der Waals surface area contributed by atoms with E-state index >= 15 is 0 Å². The molecule has 0 saturated heterocycles. The predicted molar refractivity (Wildman–Crippen MR) is 73.9 cm³/mol. The number of rotatable bonds is 5. The lowest BCUT2D eigenvalue weighted by Gasteiger charge is -1.95. The van der Waals surface area contributed by atoms with E-state index in [0.717, 1.165) is 29.4 Å². The molecular formula is C12H15BrN2S. The van der Waals surface area contributed by atoms with Crippen molar-refractivity contribution in [2.75, 3.05) is 6.54 Å². The minimum absolute atomic E-state index is 0.798. The Hall–Kier alpha value is -0.450. The average Bonchev–Trinajstić information content (AvgIpc) is 2.66. The number of thiazole rings is 1. The molecule has 2 rings (SSSR count). The van der Waals surface area contributed by atoms with Crippen LogP contribution in [0.2, 0.25) is 0 Å². The Kier molecular flexibility index (Phi) is 4.32. The van der Waals surface area contributed by atoms with Crippen LogP contribution in [0.25, 0.3) is 10.2 Å². The zero-order valence-electron chi connectivity index (χ0n) is 9.08. The van der Waals surface area contributed by atoms with E-state index in [9.17, 15) is 0 Å². The lowest BCUT2D eigenvalue weighted by Crippen LogP contribution is -1.98. The number of aromatic nitrogens is 1. The highest BCUT2D eigenvalue weighted by molar-refractivity contribution is 9.10. The first-order chi connectivity index (χ1) is 7.79. The summed E-state index contributed by atoms with van der Waals surface area (Å²) in [6, 6.07) is 6.27. The summed E-state index contributed by atoms with van der Waals surface area (Å²) < 4.78 is 2.37. The number of aryl methyl sites for hydroxylation is 1. The quantitative estimate of drug-likeness (QED) is 0.854. The van der Waals surface area contributed by atoms with Crippen LogP contribution in [0, 0.1) is 0 Å². The van der Waals surface area contributed by atoms with Gasteiger partial charge in [0.25, 0.3) is 0 Å². The summed E-state index contributed by atoms with van der Waals surface area (Å²) >= 11 is 5.27. The summed E-state index contributed by atoms with van der Waals surface area (Å²) in [4.78, 5) is 4.63. The molecule has 0 saturated carbocycles. The van der Waals surface area contributed by atoms with Crippen LogP contribution in [0.1, 0.15) is 24.3 Å². The van der Waals surface area contributed by atoms with Gasteiger partial charge in [-0.3, -0.25) is 0 Å². The topological polar surface area (TPSA) is 38.9 Å². The maximum atomic E-state index is 5.47. The zero-order valence-corrected chi connectivity index (χ0v) is 11.5. The molecule has 16 heavy (non-hydrogen) atoms. The molecule has 0 bridgehead atoms. The highest BCUT2D eigenvalue weighted by Crippen LogP contribution is 2.26. The lowest BCUT2D eigenvalue weighted by atomic mass is 10.2. The molecule has 2 aromatic rings. The Bertz CT molecular complexity index is 467. The maximum absolute atomic E-state index is 5.47. The third-order valence-corrected chi connectivity index (χ3v) is 4.08. The fourth-order valence-corrected chi connectivity index (χ4v) is 2.99. The van der Waals surface area contributed by atoms with Gasteiger partial charge in [0.2, 0.25) is 0 Å². The van der Waals surface area contributed by atoms with Crippen LogP contribution in [-0.4, -0.2) is 11.5 Å². The van der Waals surface area contributed by atoms with Crippen LogP contribution in [0.4, 0.5) is 0 Å². The van der Waals surface area contributed by atoms with Gasteiger partial charge in [0.1, 0.15) is 0 Å². The van der Waals surface area contributed by atoms with Crippen molar-refractivity contribution in [2.45, 2.75) is 25.7 Å². The van der Waals surface area contributed by atoms with Crippen molar-refractivity contribution < 1.29 is 0 Å². The molecule has 0 radical (unpaired) electrons. The summed E-state index contributed by atoms with van der Waals surface area (Å²) in [7, 11) is 0. The summed E-state index contributed by atoms with van der Waals surface area (Å²) in [5.41, 5.74) is 6.57. The molecule has 0 amide bonds. The minimum atomic E-state index is 0.798. The summed E-state index contributed by atoms with van der Waals surface area (Å²) in [6.45, 7) is 0.798. The van der Waals surface area contributed by atoms with Crippen LogP contribution in [0.15, 0.2) is 22.7 Å². The number of hydrogen-bond donors (Lipinski definition) is 1. The van der Waals surface area contributed by atoms with E-state index in [1.54, 1.807) is 11.3 Å². The second kappa shape index (κ2) is 5.75. The lowest BCUT2D eigenvalue weighted by molar-refractivity contribution is 0.685. The van der Waals surface area contributed by atoms with E-state index in [4.69, 9.17) is 5.73 Å². The fraction of sp³-hybridized carbons (Fsp3) is 0.417. The van der Waals surface area contributed by atoms with E-state index in [1.165, 1.54) is 22.5 Å². The standard InChI is InChI=1S/C12H15BrN2S/c13-9-5-6-11-10(8-9)15-12(16-11)4-2-1-3-7-14/h5-6,8H,1-4,7,14H2. The molecule has 0 aliphatic carbocycles. The van der Waals surface area contributed by atoms with Crippen LogP contribution in [0.3, 0.4) is 0 Å². The molecule has 0 aliphatic rings. The highest BCUT2D eigenvalue weighted by atomic mass is 79.9. The Morgan fingerprint density at radius 3 is 2.94 bits per heavy atom. The predicted octanol–water partition coefficient (Wildman–Crippen LogP) is 3.73. The van der Waals surface area contributed by atoms with Crippen molar-refractivity contribution in [3.8, 4) is 0 Å². The minimum Gasteiger partial charge on any atom is -0.330 e. The van der Waals surface area contributed by atoms with E-state index < -0.39 is 0 Å². The molecule has 0 unspecified atom stereocenters. The van der Waals surface area contributed by atoms with Crippen molar-refractivity contribution >= 4 is 37.5 Å². The molecule has 1 heterocycles. The first kappa shape index (κ1) is 12.0. The number of nitrogens with zero attached hydrogens (tertiary/aromatic N) is 1. The zero-order chi connectivity index (χ0) is 11.4. The SMILES string of the molecule is NCCCCCc1nc2cc(Br)ccc2s1. The third-order valence-electron chi connectivity index (χ3n) is 2.49. The summed E-state index contributed by atoms with van der Waals surface area (Å²) in [5.74, 6) is 0. The first-order valence-electron chi connectivity index (χ1n) is 5.54. The molecular weight excluding hydrogens is 284 g/mol. The average molecular weight is 299 g/mol. The van der Waals surface area contributed by atoms with Gasteiger partial charge in [-0.15, -0.1) is 11.3 Å². The number of hydrogen-bond acceptors (Lipinski definition) is 3. The van der Waals surface area contributed by atoms with Gasteiger partial charge in [-0.1, -0.05) is 22.4 Å². The van der Waals surface area contributed by atoms with Crippen LogP contribution >= 0.6 is 27.3 Å². The normalized spacial score (nSPS) is 11.1. The molecule has 0 fully saturated rings. The third kappa shape index (κ3) is 3.03. The van der Waals surface area contributed by atoms with Crippen molar-refractivity contribution in [1.82, 2.24) is 4.98 Å². The number of benzene rings is 1. The molecule has 4 heteroatoms. The van der Waals surface area contributed by atoms with Crippen LogP contribution in [0.5, 0.6) is 0 Å². The smallest absolute Gasteiger partial charge is 0.0938 e. The van der Waals surface area contributed by atoms with Gasteiger partial charge in [0, 0.05) is 4.47 Å². The van der Waals surface area contributed by atoms with Crippen molar-refractivity contribution in [1.29, 1.82) is 0 Å². The van der Waals surface area contributed by atoms with Gasteiger partial charge in [-0.2, -0.15) is 0 Å². The summed E-state index contributed by atoms with van der Waals surface area (Å²) in [6.07, 6.45) is 4.60. The number of fused-ring (bicyclic) bond motifs is 1. The molecule has 86 valence electrons. The number of halogens is 1. The largest absolute Gasteiger partial charge is 0.330 e. The second-order valence-corrected chi connectivity index (χ2v) is 5.85. The van der Waals surface area contributed by atoms with Gasteiger partial charge < -0.3 is 5.73 Å². The number of unbranched alkanes of at least 4 members (excludes halogenated alkanes) is 2. The molecule has 2 N–H and O–H groups in total. The fourth-order valence-electron chi connectivity index (χ4n) is 1.65. The van der Waals surface area contributed by atoms with Gasteiger partial charge >= 0.3 is 0 Å². The van der Waals surface area contributed by atoms with Crippen molar-refractivity contribution in [3.63, 3.8) is 0 Å². The van der Waals surface area contributed by atoms with Gasteiger partial charge in [-0.25, -0.2) is 4.98 Å². The Labute approximate surface area is 108 Å². The molecule has 0 aliphatic heterocycles.